The van der Waals surface area contributed by atoms with Crippen LogP contribution < -0.4 is 5.32 Å². The van der Waals surface area contributed by atoms with Crippen molar-refractivity contribution in [2.24, 2.45) is 0 Å². The van der Waals surface area contributed by atoms with Crippen LogP contribution in [0, 0.1) is 0 Å². The highest BCUT2D eigenvalue weighted by Crippen LogP contribution is 2.16. The van der Waals surface area contributed by atoms with Gasteiger partial charge in [0.05, 0.1) is 4.90 Å². The van der Waals surface area contributed by atoms with Crippen LogP contribution >= 0.6 is 12.4 Å². The molecule has 1 aliphatic rings. The Morgan fingerprint density at radius 2 is 1.95 bits per heavy atom. The zero-order chi connectivity index (χ0) is 14.6. The Morgan fingerprint density at radius 3 is 2.43 bits per heavy atom. The molecule has 1 fully saturated rings. The lowest BCUT2D eigenvalue weighted by Crippen LogP contribution is -2.36. The standard InChI is InChI=1S/C15H24N2O2S.ClH/c1-3-10-17(14-8-9-16-11-14)12-13-4-6-15(7-5-13)20(2,18)19;/h4-7,14,16H,3,8-12H2,1-2H3;1H. The average molecular weight is 333 g/mol. The Hall–Kier alpha value is -0.620. The van der Waals surface area contributed by atoms with E-state index in [4.69, 9.17) is 0 Å². The first-order valence-corrected chi connectivity index (χ1v) is 9.13. The normalized spacial score (nSPS) is 18.7. The fourth-order valence-corrected chi connectivity index (χ4v) is 3.34. The van der Waals surface area contributed by atoms with Crippen molar-refractivity contribution in [2.45, 2.75) is 37.2 Å². The van der Waals surface area contributed by atoms with Crippen LogP contribution in [0.15, 0.2) is 29.2 Å². The summed E-state index contributed by atoms with van der Waals surface area (Å²) >= 11 is 0. The molecule has 0 radical (unpaired) electrons. The molecule has 6 heteroatoms. The minimum atomic E-state index is -3.10. The molecule has 0 saturated carbocycles. The Balaban J connectivity index is 0.00000220. The van der Waals surface area contributed by atoms with E-state index in [9.17, 15) is 8.42 Å². The summed E-state index contributed by atoms with van der Waals surface area (Å²) in [6.45, 7) is 6.33. The van der Waals surface area contributed by atoms with E-state index >= 15 is 0 Å². The van der Waals surface area contributed by atoms with Gasteiger partial charge in [-0.25, -0.2) is 8.42 Å². The molecule has 1 aromatic carbocycles. The van der Waals surface area contributed by atoms with Crippen molar-refractivity contribution in [1.29, 1.82) is 0 Å². The van der Waals surface area contributed by atoms with Crippen LogP contribution in [-0.4, -0.2) is 45.2 Å². The summed E-state index contributed by atoms with van der Waals surface area (Å²) < 4.78 is 22.9. The molecule has 0 amide bonds. The molecule has 1 aliphatic heterocycles. The minimum absolute atomic E-state index is 0. The molecule has 1 heterocycles. The van der Waals surface area contributed by atoms with Gasteiger partial charge in [-0.1, -0.05) is 19.1 Å². The van der Waals surface area contributed by atoms with Crippen molar-refractivity contribution in [3.05, 3.63) is 29.8 Å². The third-order valence-corrected chi connectivity index (χ3v) is 4.93. The van der Waals surface area contributed by atoms with Crippen molar-refractivity contribution in [2.75, 3.05) is 25.9 Å². The second-order valence-electron chi connectivity index (χ2n) is 5.53. The molecule has 0 bridgehead atoms. The lowest BCUT2D eigenvalue weighted by Gasteiger charge is -2.28. The number of nitrogens with one attached hydrogen (secondary N) is 1. The monoisotopic (exact) mass is 332 g/mol. The van der Waals surface area contributed by atoms with Gasteiger partial charge in [0.25, 0.3) is 0 Å². The van der Waals surface area contributed by atoms with Crippen LogP contribution in [0.5, 0.6) is 0 Å². The van der Waals surface area contributed by atoms with Crippen molar-refractivity contribution in [3.63, 3.8) is 0 Å². The Morgan fingerprint density at radius 1 is 1.29 bits per heavy atom. The summed E-state index contributed by atoms with van der Waals surface area (Å²) in [6.07, 6.45) is 3.58. The fraction of sp³-hybridized carbons (Fsp3) is 0.600. The predicted molar refractivity (Wildman–Crippen MR) is 88.8 cm³/mol. The van der Waals surface area contributed by atoms with Crippen LogP contribution in [-0.2, 0) is 16.4 Å². The molecule has 0 aliphatic carbocycles. The molecule has 1 aromatic rings. The molecule has 4 nitrogen and oxygen atoms in total. The summed E-state index contributed by atoms with van der Waals surface area (Å²) in [6, 6.07) is 7.89. The predicted octanol–water partition coefficient (Wildman–Crippen LogP) is 2.09. The van der Waals surface area contributed by atoms with Gasteiger partial charge < -0.3 is 5.32 Å². The first kappa shape index (κ1) is 18.4. The highest BCUT2D eigenvalue weighted by atomic mass is 35.5. The van der Waals surface area contributed by atoms with Crippen molar-refractivity contribution < 1.29 is 8.42 Å². The number of nitrogens with zero attached hydrogens (tertiary/aromatic N) is 1. The molecule has 1 N–H and O–H groups in total. The van der Waals surface area contributed by atoms with Gasteiger partial charge >= 0.3 is 0 Å². The third-order valence-electron chi connectivity index (χ3n) is 3.80. The molecule has 1 unspecified atom stereocenters. The van der Waals surface area contributed by atoms with Gasteiger partial charge in [-0.15, -0.1) is 12.4 Å². The number of hydrogen-bond donors (Lipinski definition) is 1. The lowest BCUT2D eigenvalue weighted by atomic mass is 10.1. The minimum Gasteiger partial charge on any atom is -0.315 e. The van der Waals surface area contributed by atoms with Gasteiger partial charge in [0.15, 0.2) is 9.84 Å². The maximum atomic E-state index is 11.5. The molecular weight excluding hydrogens is 308 g/mol. The van der Waals surface area contributed by atoms with E-state index < -0.39 is 9.84 Å². The fourth-order valence-electron chi connectivity index (χ4n) is 2.71. The molecule has 120 valence electrons. The first-order valence-electron chi connectivity index (χ1n) is 7.24. The molecule has 2 rings (SSSR count). The molecular formula is C15H25ClN2O2S. The zero-order valence-corrected chi connectivity index (χ0v) is 14.3. The Labute approximate surface area is 134 Å². The van der Waals surface area contributed by atoms with Crippen molar-refractivity contribution in [1.82, 2.24) is 10.2 Å². The van der Waals surface area contributed by atoms with Crippen LogP contribution in [0.1, 0.15) is 25.3 Å². The highest BCUT2D eigenvalue weighted by Gasteiger charge is 2.21. The highest BCUT2D eigenvalue weighted by molar-refractivity contribution is 7.90. The molecule has 0 spiro atoms. The van der Waals surface area contributed by atoms with Gasteiger partial charge in [0.2, 0.25) is 0 Å². The maximum absolute atomic E-state index is 11.5. The van der Waals surface area contributed by atoms with Gasteiger partial charge in [0, 0.05) is 25.4 Å². The summed E-state index contributed by atoms with van der Waals surface area (Å²) in [5.74, 6) is 0. The molecule has 1 saturated heterocycles. The average Bonchev–Trinajstić information content (AvgIpc) is 2.91. The Bertz CT molecular complexity index is 525. The Kier molecular flexibility index (Phi) is 7.13. The van der Waals surface area contributed by atoms with E-state index in [0.717, 1.165) is 32.6 Å². The van der Waals surface area contributed by atoms with Crippen LogP contribution in [0.25, 0.3) is 0 Å². The lowest BCUT2D eigenvalue weighted by molar-refractivity contribution is 0.199. The second-order valence-corrected chi connectivity index (χ2v) is 7.55. The number of halogens is 1. The molecule has 1 atom stereocenters. The van der Waals surface area contributed by atoms with Gasteiger partial charge in [-0.05, 0) is 43.6 Å². The molecule has 0 aromatic heterocycles. The van der Waals surface area contributed by atoms with Gasteiger partial charge in [0.1, 0.15) is 0 Å². The largest absolute Gasteiger partial charge is 0.315 e. The zero-order valence-electron chi connectivity index (χ0n) is 12.7. The number of rotatable bonds is 6. The van der Waals surface area contributed by atoms with Crippen LogP contribution in [0.4, 0.5) is 0 Å². The van der Waals surface area contributed by atoms with E-state index in [2.05, 4.69) is 17.1 Å². The number of sulfone groups is 1. The van der Waals surface area contributed by atoms with Crippen molar-refractivity contribution >= 4 is 22.2 Å². The first-order chi connectivity index (χ1) is 9.50. The van der Waals surface area contributed by atoms with E-state index in [1.807, 2.05) is 12.1 Å². The quantitative estimate of drug-likeness (QED) is 0.866. The van der Waals surface area contributed by atoms with E-state index in [-0.39, 0.29) is 12.4 Å². The van der Waals surface area contributed by atoms with Crippen LogP contribution in [0.3, 0.4) is 0 Å². The number of hydrogen-bond acceptors (Lipinski definition) is 4. The maximum Gasteiger partial charge on any atom is 0.175 e. The summed E-state index contributed by atoms with van der Waals surface area (Å²) in [4.78, 5) is 2.89. The molecule has 21 heavy (non-hydrogen) atoms. The van der Waals surface area contributed by atoms with E-state index in [1.54, 1.807) is 12.1 Å². The van der Waals surface area contributed by atoms with E-state index in [1.165, 1.54) is 18.2 Å². The second kappa shape index (κ2) is 8.13. The smallest absolute Gasteiger partial charge is 0.175 e. The summed E-state index contributed by atoms with van der Waals surface area (Å²) in [5, 5.41) is 3.41. The third kappa shape index (κ3) is 5.25. The van der Waals surface area contributed by atoms with Crippen molar-refractivity contribution in [3.8, 4) is 0 Å². The van der Waals surface area contributed by atoms with Gasteiger partial charge in [-0.3, -0.25) is 4.90 Å². The summed E-state index contributed by atoms with van der Waals surface area (Å²) in [5.41, 5.74) is 1.18. The van der Waals surface area contributed by atoms with E-state index in [0.29, 0.717) is 10.9 Å². The number of benzene rings is 1. The van der Waals surface area contributed by atoms with Gasteiger partial charge in [-0.2, -0.15) is 0 Å². The SMILES string of the molecule is CCCN(Cc1ccc(S(C)(=O)=O)cc1)C1CCNC1.Cl. The summed E-state index contributed by atoms with van der Waals surface area (Å²) in [7, 11) is -3.10. The topological polar surface area (TPSA) is 49.4 Å². The van der Waals surface area contributed by atoms with Crippen LogP contribution in [0.2, 0.25) is 0 Å².